The molecule has 7 heteroatoms. The van der Waals surface area contributed by atoms with Crippen LogP contribution in [0, 0.1) is 0 Å². The van der Waals surface area contributed by atoms with E-state index in [-0.39, 0.29) is 12.0 Å². The van der Waals surface area contributed by atoms with E-state index in [2.05, 4.69) is 10.3 Å². The van der Waals surface area contributed by atoms with Crippen molar-refractivity contribution >= 4 is 28.7 Å². The molecule has 2 heterocycles. The molecule has 0 unspecified atom stereocenters. The molecule has 138 valence electrons. The van der Waals surface area contributed by atoms with E-state index >= 15 is 0 Å². The highest BCUT2D eigenvalue weighted by molar-refractivity contribution is 5.94. The van der Waals surface area contributed by atoms with Gasteiger partial charge in [-0.1, -0.05) is 24.3 Å². The summed E-state index contributed by atoms with van der Waals surface area (Å²) in [5.41, 5.74) is 3.41. The van der Waals surface area contributed by atoms with Gasteiger partial charge in [0.2, 0.25) is 5.91 Å². The molecule has 2 aromatic carbocycles. The van der Waals surface area contributed by atoms with E-state index in [4.69, 9.17) is 4.74 Å². The molecule has 2 amide bonds. The molecule has 3 aromatic rings. The van der Waals surface area contributed by atoms with Gasteiger partial charge in [0.25, 0.3) is 0 Å². The fraction of sp³-hybridized carbons (Fsp3) is 0.250. The van der Waals surface area contributed by atoms with Gasteiger partial charge in [0.05, 0.1) is 23.9 Å². The first kappa shape index (κ1) is 17.1. The second-order valence-electron chi connectivity index (χ2n) is 6.54. The molecule has 1 aromatic heterocycles. The summed E-state index contributed by atoms with van der Waals surface area (Å²) in [5, 5.41) is 2.95. The Bertz CT molecular complexity index is 998. The topological polar surface area (TPSA) is 76.5 Å². The highest BCUT2D eigenvalue weighted by atomic mass is 16.6. The Hall–Kier alpha value is -3.35. The van der Waals surface area contributed by atoms with Crippen LogP contribution in [0.3, 0.4) is 0 Å². The molecule has 27 heavy (non-hydrogen) atoms. The van der Waals surface area contributed by atoms with Gasteiger partial charge in [0.15, 0.2) is 0 Å². The van der Waals surface area contributed by atoms with Crippen LogP contribution < -0.4 is 5.32 Å². The van der Waals surface area contributed by atoms with Crippen molar-refractivity contribution in [2.75, 3.05) is 18.5 Å². The lowest BCUT2D eigenvalue weighted by molar-refractivity contribution is -0.118. The minimum Gasteiger partial charge on any atom is -0.448 e. The quantitative estimate of drug-likeness (QED) is 0.754. The third kappa shape index (κ3) is 3.48. The Morgan fingerprint density at radius 3 is 2.93 bits per heavy atom. The first-order valence-electron chi connectivity index (χ1n) is 8.85. The van der Waals surface area contributed by atoms with Crippen LogP contribution in [0.2, 0.25) is 0 Å². The van der Waals surface area contributed by atoms with Gasteiger partial charge < -0.3 is 19.5 Å². The van der Waals surface area contributed by atoms with Crippen molar-refractivity contribution in [3.05, 3.63) is 60.4 Å². The number of nitrogens with one attached hydrogen (secondary N) is 1. The number of benzene rings is 2. The zero-order valence-corrected chi connectivity index (χ0v) is 15.0. The third-order valence-electron chi connectivity index (χ3n) is 4.69. The Kier molecular flexibility index (Phi) is 4.50. The first-order chi connectivity index (χ1) is 13.1. The number of fused-ring (bicyclic) bond motifs is 1. The Labute approximate surface area is 156 Å². The maximum Gasteiger partial charge on any atom is 0.410 e. The molecule has 0 radical (unpaired) electrons. The van der Waals surface area contributed by atoms with Crippen LogP contribution in [0.1, 0.15) is 18.5 Å². The van der Waals surface area contributed by atoms with Crippen LogP contribution in [-0.2, 0) is 16.1 Å². The van der Waals surface area contributed by atoms with Crippen LogP contribution in [0.5, 0.6) is 0 Å². The van der Waals surface area contributed by atoms with Gasteiger partial charge in [0.1, 0.15) is 12.6 Å². The standard InChI is InChI=1S/C20H20N4O3/c1-14(24-13-21-17-7-2-3-8-18(17)24)19(25)22-16-6-4-5-15(11-16)12-23-9-10-27-20(23)26/h2-8,11,13-14H,9-10,12H2,1H3,(H,22,25)/t14-/m1/s1. The van der Waals surface area contributed by atoms with Gasteiger partial charge >= 0.3 is 6.09 Å². The molecule has 0 bridgehead atoms. The van der Waals surface area contributed by atoms with E-state index in [0.717, 1.165) is 16.6 Å². The van der Waals surface area contributed by atoms with Gasteiger partial charge in [0, 0.05) is 12.2 Å². The predicted octanol–water partition coefficient (Wildman–Crippen LogP) is 3.19. The van der Waals surface area contributed by atoms with Crippen molar-refractivity contribution in [1.82, 2.24) is 14.5 Å². The van der Waals surface area contributed by atoms with Gasteiger partial charge in [-0.25, -0.2) is 9.78 Å². The van der Waals surface area contributed by atoms with Crippen molar-refractivity contribution in [2.24, 2.45) is 0 Å². The SMILES string of the molecule is C[C@H](C(=O)Nc1cccc(CN2CCOC2=O)c1)n1cnc2ccccc21. The number of aromatic nitrogens is 2. The second-order valence-corrected chi connectivity index (χ2v) is 6.54. The van der Waals surface area contributed by atoms with Crippen molar-refractivity contribution in [3.8, 4) is 0 Å². The summed E-state index contributed by atoms with van der Waals surface area (Å²) in [5.74, 6) is -0.129. The number of nitrogens with zero attached hydrogens (tertiary/aromatic N) is 3. The van der Waals surface area contributed by atoms with Crippen molar-refractivity contribution < 1.29 is 14.3 Å². The molecule has 0 aliphatic carbocycles. The number of hydrogen-bond acceptors (Lipinski definition) is 4. The van der Waals surface area contributed by atoms with Crippen LogP contribution in [-0.4, -0.2) is 39.6 Å². The number of amides is 2. The molecular weight excluding hydrogens is 344 g/mol. The number of para-hydroxylation sites is 2. The Morgan fingerprint density at radius 1 is 1.26 bits per heavy atom. The van der Waals surface area contributed by atoms with Gasteiger partial charge in [-0.2, -0.15) is 0 Å². The minimum atomic E-state index is -0.408. The molecule has 1 aliphatic heterocycles. The summed E-state index contributed by atoms with van der Waals surface area (Å²) in [6.07, 6.45) is 1.38. The lowest BCUT2D eigenvalue weighted by Crippen LogP contribution is -2.24. The molecule has 0 spiro atoms. The van der Waals surface area contributed by atoms with E-state index in [1.165, 1.54) is 0 Å². The second kappa shape index (κ2) is 7.11. The molecule has 1 saturated heterocycles. The Balaban J connectivity index is 1.47. The molecule has 4 rings (SSSR count). The summed E-state index contributed by atoms with van der Waals surface area (Å²) >= 11 is 0. The number of ether oxygens (including phenoxy) is 1. The average Bonchev–Trinajstić information content (AvgIpc) is 3.28. The van der Waals surface area contributed by atoms with E-state index in [1.54, 1.807) is 11.2 Å². The number of rotatable bonds is 5. The van der Waals surface area contributed by atoms with Crippen LogP contribution in [0.25, 0.3) is 11.0 Å². The number of carbonyl (C=O) groups is 2. The van der Waals surface area contributed by atoms with E-state index in [0.29, 0.717) is 25.4 Å². The van der Waals surface area contributed by atoms with Crippen LogP contribution in [0.4, 0.5) is 10.5 Å². The Morgan fingerprint density at radius 2 is 2.11 bits per heavy atom. The summed E-state index contributed by atoms with van der Waals surface area (Å²) in [7, 11) is 0. The maximum absolute atomic E-state index is 12.7. The number of carbonyl (C=O) groups excluding carboxylic acids is 2. The van der Waals surface area contributed by atoms with E-state index in [1.807, 2.05) is 60.0 Å². The van der Waals surface area contributed by atoms with Crippen molar-refractivity contribution in [2.45, 2.75) is 19.5 Å². The minimum absolute atomic E-state index is 0.129. The number of cyclic esters (lactones) is 1. The monoisotopic (exact) mass is 364 g/mol. The normalized spacial score (nSPS) is 15.0. The third-order valence-corrected chi connectivity index (χ3v) is 4.69. The fourth-order valence-electron chi connectivity index (χ4n) is 3.20. The van der Waals surface area contributed by atoms with E-state index in [9.17, 15) is 9.59 Å². The number of anilines is 1. The first-order valence-corrected chi connectivity index (χ1v) is 8.85. The van der Waals surface area contributed by atoms with E-state index < -0.39 is 6.04 Å². The summed E-state index contributed by atoms with van der Waals surface area (Å²) < 4.78 is 6.80. The van der Waals surface area contributed by atoms with Crippen LogP contribution in [0.15, 0.2) is 54.9 Å². The largest absolute Gasteiger partial charge is 0.448 e. The summed E-state index contributed by atoms with van der Waals surface area (Å²) in [4.78, 5) is 30.3. The lowest BCUT2D eigenvalue weighted by Gasteiger charge is -2.16. The number of hydrogen-bond donors (Lipinski definition) is 1. The highest BCUT2D eigenvalue weighted by Gasteiger charge is 2.22. The summed E-state index contributed by atoms with van der Waals surface area (Å²) in [6, 6.07) is 14.8. The zero-order chi connectivity index (χ0) is 18.8. The fourth-order valence-corrected chi connectivity index (χ4v) is 3.20. The van der Waals surface area contributed by atoms with Gasteiger partial charge in [-0.15, -0.1) is 0 Å². The molecule has 0 saturated carbocycles. The highest BCUT2D eigenvalue weighted by Crippen LogP contribution is 2.20. The van der Waals surface area contributed by atoms with Gasteiger partial charge in [-0.05, 0) is 36.8 Å². The molecule has 7 nitrogen and oxygen atoms in total. The van der Waals surface area contributed by atoms with Crippen molar-refractivity contribution in [3.63, 3.8) is 0 Å². The van der Waals surface area contributed by atoms with Crippen molar-refractivity contribution in [1.29, 1.82) is 0 Å². The predicted molar refractivity (Wildman–Crippen MR) is 101 cm³/mol. The average molecular weight is 364 g/mol. The number of imidazole rings is 1. The summed E-state index contributed by atoms with van der Waals surface area (Å²) in [6.45, 7) is 3.31. The molecule has 1 atom stereocenters. The molecule has 1 N–H and O–H groups in total. The smallest absolute Gasteiger partial charge is 0.410 e. The zero-order valence-electron chi connectivity index (χ0n) is 15.0. The molecule has 1 fully saturated rings. The molecule has 1 aliphatic rings. The lowest BCUT2D eigenvalue weighted by atomic mass is 10.2. The molecular formula is C20H20N4O3. The van der Waals surface area contributed by atoms with Crippen LogP contribution >= 0.6 is 0 Å². The van der Waals surface area contributed by atoms with Gasteiger partial charge in [-0.3, -0.25) is 4.79 Å². The maximum atomic E-state index is 12.7.